The summed E-state index contributed by atoms with van der Waals surface area (Å²) >= 11 is 0. The smallest absolute Gasteiger partial charge is 0.370 e. The number of likely N-dealkylation sites (tertiary alicyclic amines) is 1. The molecule has 0 radical (unpaired) electrons. The van der Waals surface area contributed by atoms with Crippen molar-refractivity contribution in [3.8, 4) is 6.07 Å². The fourth-order valence-electron chi connectivity index (χ4n) is 5.53. The monoisotopic (exact) mass is 483 g/mol. The lowest BCUT2D eigenvalue weighted by Crippen LogP contribution is -2.48. The van der Waals surface area contributed by atoms with Crippen molar-refractivity contribution >= 4 is 11.6 Å². The largest absolute Gasteiger partial charge is 0.417 e. The molecule has 6 nitrogen and oxygen atoms in total. The molecule has 1 N–H and O–H groups in total. The van der Waals surface area contributed by atoms with Crippen LogP contribution in [0.5, 0.6) is 0 Å². The zero-order valence-corrected chi connectivity index (χ0v) is 19.4. The summed E-state index contributed by atoms with van der Waals surface area (Å²) in [5.41, 5.74) is -0.00635. The van der Waals surface area contributed by atoms with Gasteiger partial charge in [0.2, 0.25) is 5.91 Å². The molecule has 35 heavy (non-hydrogen) atoms. The van der Waals surface area contributed by atoms with Gasteiger partial charge in [-0.15, -0.1) is 0 Å². The van der Waals surface area contributed by atoms with E-state index in [2.05, 4.69) is 15.2 Å². The Morgan fingerprint density at radius 1 is 1.17 bits per heavy atom. The first-order valence-corrected chi connectivity index (χ1v) is 12.1. The predicted molar refractivity (Wildman–Crippen MR) is 124 cm³/mol. The molecule has 1 amide bonds. The first kappa shape index (κ1) is 23.6. The summed E-state index contributed by atoms with van der Waals surface area (Å²) < 4.78 is 40.8. The van der Waals surface area contributed by atoms with Crippen LogP contribution in [0.15, 0.2) is 42.7 Å². The van der Waals surface area contributed by atoms with Crippen LogP contribution in [-0.2, 0) is 17.5 Å². The van der Waals surface area contributed by atoms with E-state index in [0.717, 1.165) is 51.4 Å². The highest BCUT2D eigenvalue weighted by atomic mass is 19.4. The van der Waals surface area contributed by atoms with E-state index in [4.69, 9.17) is 5.26 Å². The Labute approximate surface area is 202 Å². The van der Waals surface area contributed by atoms with Gasteiger partial charge in [-0.25, -0.2) is 0 Å². The Bertz CT molecular complexity index is 1120. The first-order chi connectivity index (χ1) is 16.8. The maximum absolute atomic E-state index is 13.6. The molecule has 3 fully saturated rings. The molecule has 1 aliphatic carbocycles. The molecule has 184 valence electrons. The summed E-state index contributed by atoms with van der Waals surface area (Å²) in [6.07, 6.45) is 2.53. The Balaban J connectivity index is 1.37. The topological polar surface area (TPSA) is 72.3 Å². The van der Waals surface area contributed by atoms with E-state index >= 15 is 0 Å². The number of rotatable bonds is 5. The number of hydrogen-bond donors (Lipinski definition) is 1. The Morgan fingerprint density at radius 3 is 2.51 bits per heavy atom. The van der Waals surface area contributed by atoms with Crippen LogP contribution in [0.1, 0.15) is 42.4 Å². The molecule has 1 atom stereocenters. The Morgan fingerprint density at radius 2 is 1.89 bits per heavy atom. The van der Waals surface area contributed by atoms with Gasteiger partial charge in [-0.3, -0.25) is 14.7 Å². The number of hydrogen-bond acceptors (Lipinski definition) is 5. The number of nitriles is 1. The highest BCUT2D eigenvalue weighted by molar-refractivity contribution is 5.82. The van der Waals surface area contributed by atoms with Gasteiger partial charge in [0.25, 0.3) is 0 Å². The van der Waals surface area contributed by atoms with Crippen molar-refractivity contribution < 1.29 is 18.0 Å². The number of carbonyl (C=O) groups is 1. The maximum atomic E-state index is 13.6. The molecule has 2 aromatic rings. The van der Waals surface area contributed by atoms with Gasteiger partial charge < -0.3 is 10.2 Å². The van der Waals surface area contributed by atoms with Gasteiger partial charge in [-0.2, -0.15) is 18.4 Å². The van der Waals surface area contributed by atoms with Crippen LogP contribution in [-0.4, -0.2) is 48.0 Å². The van der Waals surface area contributed by atoms with E-state index in [1.54, 1.807) is 24.5 Å². The normalized spacial score (nSPS) is 22.2. The predicted octanol–water partition coefficient (Wildman–Crippen LogP) is 3.97. The molecule has 1 aromatic carbocycles. The van der Waals surface area contributed by atoms with E-state index in [-0.39, 0.29) is 28.8 Å². The quantitative estimate of drug-likeness (QED) is 0.697. The number of nitrogens with one attached hydrogen (secondary N) is 1. The van der Waals surface area contributed by atoms with Crippen LogP contribution in [0.2, 0.25) is 0 Å². The van der Waals surface area contributed by atoms with Crippen molar-refractivity contribution in [1.82, 2.24) is 15.2 Å². The Kier molecular flexibility index (Phi) is 6.18. The van der Waals surface area contributed by atoms with Crippen LogP contribution < -0.4 is 10.2 Å². The second-order valence-corrected chi connectivity index (χ2v) is 10.0. The molecule has 2 aliphatic heterocycles. The highest BCUT2D eigenvalue weighted by Gasteiger charge is 2.52. The zero-order chi connectivity index (χ0) is 24.6. The van der Waals surface area contributed by atoms with E-state index < -0.39 is 11.7 Å². The number of alkyl halides is 3. The van der Waals surface area contributed by atoms with Crippen LogP contribution >= 0.6 is 0 Å². The number of amides is 1. The van der Waals surface area contributed by atoms with Crippen molar-refractivity contribution in [2.75, 3.05) is 31.1 Å². The third-order valence-corrected chi connectivity index (χ3v) is 7.69. The number of carbonyl (C=O) groups excluding carboxylic acids is 1. The molecule has 1 spiro atoms. The van der Waals surface area contributed by atoms with Gasteiger partial charge in [0.05, 0.1) is 23.1 Å². The van der Waals surface area contributed by atoms with E-state index in [1.807, 2.05) is 17.0 Å². The standard InChI is InChI=1S/C26H28F3N5O/c27-26(28,29)22-13-21(4-1-19(22)14-30)34-16-23(24(35)32-20-2-3-20)25(17-34)7-11-33(12-8-25)15-18-5-9-31-10-6-18/h1,4-6,9-10,13,20,23H,2-3,7-8,11-12,15-17H2,(H,32,35). The molecule has 3 aliphatic rings. The lowest BCUT2D eigenvalue weighted by Gasteiger charge is -2.42. The van der Waals surface area contributed by atoms with Crippen LogP contribution in [0.3, 0.4) is 0 Å². The Hall–Kier alpha value is -3.12. The number of nitrogens with zero attached hydrogens (tertiary/aromatic N) is 4. The summed E-state index contributed by atoms with van der Waals surface area (Å²) in [6.45, 7) is 3.37. The first-order valence-electron chi connectivity index (χ1n) is 12.1. The number of halogens is 3. The summed E-state index contributed by atoms with van der Waals surface area (Å²) in [7, 11) is 0. The van der Waals surface area contributed by atoms with Crippen molar-refractivity contribution in [3.63, 3.8) is 0 Å². The lowest BCUT2D eigenvalue weighted by molar-refractivity contribution is -0.137. The summed E-state index contributed by atoms with van der Waals surface area (Å²) in [4.78, 5) is 21.6. The molecule has 2 saturated heterocycles. The molecular formula is C26H28F3N5O. The molecule has 3 heterocycles. The molecule has 1 unspecified atom stereocenters. The fourth-order valence-corrected chi connectivity index (χ4v) is 5.53. The number of pyridine rings is 1. The minimum absolute atomic E-state index is 0.0160. The van der Waals surface area contributed by atoms with Crippen molar-refractivity contribution in [3.05, 3.63) is 59.4 Å². The van der Waals surface area contributed by atoms with Gasteiger partial charge >= 0.3 is 6.18 Å². The minimum atomic E-state index is -4.61. The highest BCUT2D eigenvalue weighted by Crippen LogP contribution is 2.47. The van der Waals surface area contributed by atoms with Crippen LogP contribution in [0.4, 0.5) is 18.9 Å². The number of piperidine rings is 1. The summed E-state index contributed by atoms with van der Waals surface area (Å²) in [6, 6.07) is 9.74. The average molecular weight is 484 g/mol. The molecular weight excluding hydrogens is 455 g/mol. The van der Waals surface area contributed by atoms with E-state index in [0.29, 0.717) is 18.8 Å². The minimum Gasteiger partial charge on any atom is -0.370 e. The molecule has 5 rings (SSSR count). The molecule has 9 heteroatoms. The fraction of sp³-hybridized carbons (Fsp3) is 0.500. The zero-order valence-electron chi connectivity index (χ0n) is 19.4. The SMILES string of the molecule is N#Cc1ccc(N2CC(C(=O)NC3CC3)C3(CCN(Cc4ccncc4)CC3)C2)cc1C(F)(F)F. The third kappa shape index (κ3) is 4.98. The average Bonchev–Trinajstić information content (AvgIpc) is 3.59. The summed E-state index contributed by atoms with van der Waals surface area (Å²) in [5.74, 6) is -0.265. The van der Waals surface area contributed by atoms with Gasteiger partial charge in [0.15, 0.2) is 0 Å². The van der Waals surface area contributed by atoms with E-state index in [9.17, 15) is 18.0 Å². The molecule has 0 bridgehead atoms. The number of anilines is 1. The number of benzene rings is 1. The third-order valence-electron chi connectivity index (χ3n) is 7.69. The summed E-state index contributed by atoms with van der Waals surface area (Å²) in [5, 5.41) is 12.3. The van der Waals surface area contributed by atoms with Gasteiger partial charge in [-0.05, 0) is 74.7 Å². The maximum Gasteiger partial charge on any atom is 0.417 e. The van der Waals surface area contributed by atoms with Gasteiger partial charge in [0.1, 0.15) is 0 Å². The van der Waals surface area contributed by atoms with E-state index in [1.165, 1.54) is 11.6 Å². The van der Waals surface area contributed by atoms with Crippen LogP contribution in [0, 0.1) is 22.7 Å². The van der Waals surface area contributed by atoms with Crippen molar-refractivity contribution in [2.45, 2.75) is 44.4 Å². The lowest BCUT2D eigenvalue weighted by atomic mass is 9.70. The van der Waals surface area contributed by atoms with Gasteiger partial charge in [-0.1, -0.05) is 0 Å². The molecule has 1 saturated carbocycles. The van der Waals surface area contributed by atoms with Crippen molar-refractivity contribution in [2.24, 2.45) is 11.3 Å². The van der Waals surface area contributed by atoms with Gasteiger partial charge in [0, 0.05) is 49.2 Å². The number of aromatic nitrogens is 1. The molecule has 1 aromatic heterocycles. The second-order valence-electron chi connectivity index (χ2n) is 10.0. The van der Waals surface area contributed by atoms with Crippen LogP contribution in [0.25, 0.3) is 0 Å². The van der Waals surface area contributed by atoms with Crippen molar-refractivity contribution in [1.29, 1.82) is 5.26 Å². The second kappa shape index (κ2) is 9.15.